The number of aromatic nitrogens is 1. The van der Waals surface area contributed by atoms with Gasteiger partial charge in [-0.3, -0.25) is 0 Å². The number of carbonyl (C=O) groups excluding carboxylic acids is 1. The lowest BCUT2D eigenvalue weighted by Gasteiger charge is -2.01. The molecule has 5 nitrogen and oxygen atoms in total. The van der Waals surface area contributed by atoms with Crippen molar-refractivity contribution in [3.8, 4) is 6.19 Å². The standard InChI is InChI=1S/C7H5ClN4O/c8-6-2-1-5(3-10-6)12-7(13)11-4-9/h1-3H,(H2,11,12,13). The minimum atomic E-state index is -0.605. The number of amides is 2. The Labute approximate surface area is 79.3 Å². The van der Waals surface area contributed by atoms with E-state index in [1.54, 1.807) is 6.07 Å². The maximum atomic E-state index is 10.8. The number of nitrogens with zero attached hydrogens (tertiary/aromatic N) is 2. The minimum absolute atomic E-state index is 0.339. The van der Waals surface area contributed by atoms with Crippen molar-refractivity contribution in [3.63, 3.8) is 0 Å². The normalized spacial score (nSPS) is 8.62. The third-order valence-electron chi connectivity index (χ3n) is 1.15. The Kier molecular flexibility index (Phi) is 3.06. The second-order valence-electron chi connectivity index (χ2n) is 2.06. The molecule has 1 aromatic rings. The molecular formula is C7H5ClN4O. The number of anilines is 1. The Hall–Kier alpha value is -1.80. The van der Waals surface area contributed by atoms with Crippen LogP contribution in [0.4, 0.5) is 10.5 Å². The first-order chi connectivity index (χ1) is 6.22. The Morgan fingerprint density at radius 2 is 2.38 bits per heavy atom. The van der Waals surface area contributed by atoms with Crippen LogP contribution in [0.15, 0.2) is 18.3 Å². The van der Waals surface area contributed by atoms with Crippen molar-refractivity contribution in [1.29, 1.82) is 5.26 Å². The van der Waals surface area contributed by atoms with Crippen molar-refractivity contribution in [2.24, 2.45) is 0 Å². The zero-order valence-corrected chi connectivity index (χ0v) is 7.17. The van der Waals surface area contributed by atoms with E-state index in [1.807, 2.05) is 5.32 Å². The van der Waals surface area contributed by atoms with E-state index in [1.165, 1.54) is 18.5 Å². The molecule has 0 aromatic carbocycles. The number of nitrogens with one attached hydrogen (secondary N) is 2. The molecule has 2 N–H and O–H groups in total. The monoisotopic (exact) mass is 196 g/mol. The average molecular weight is 197 g/mol. The van der Waals surface area contributed by atoms with E-state index in [0.717, 1.165) is 0 Å². The Morgan fingerprint density at radius 1 is 1.62 bits per heavy atom. The van der Waals surface area contributed by atoms with E-state index >= 15 is 0 Å². The summed E-state index contributed by atoms with van der Waals surface area (Å²) in [5, 5.41) is 12.7. The topological polar surface area (TPSA) is 77.8 Å². The van der Waals surface area contributed by atoms with Crippen molar-refractivity contribution in [2.45, 2.75) is 0 Å². The van der Waals surface area contributed by atoms with Crippen LogP contribution in [-0.4, -0.2) is 11.0 Å². The Balaban J connectivity index is 2.60. The van der Waals surface area contributed by atoms with E-state index in [4.69, 9.17) is 16.9 Å². The van der Waals surface area contributed by atoms with Crippen LogP contribution < -0.4 is 10.6 Å². The van der Waals surface area contributed by atoms with Gasteiger partial charge in [0.25, 0.3) is 0 Å². The molecule has 0 atom stereocenters. The lowest BCUT2D eigenvalue weighted by molar-refractivity contribution is 0.255. The third-order valence-corrected chi connectivity index (χ3v) is 1.38. The summed E-state index contributed by atoms with van der Waals surface area (Å²) < 4.78 is 0. The third kappa shape index (κ3) is 2.97. The second kappa shape index (κ2) is 4.28. The largest absolute Gasteiger partial charge is 0.332 e. The van der Waals surface area contributed by atoms with Gasteiger partial charge in [0.2, 0.25) is 0 Å². The molecule has 66 valence electrons. The fourth-order valence-corrected chi connectivity index (χ4v) is 0.775. The average Bonchev–Trinajstić information content (AvgIpc) is 2.09. The van der Waals surface area contributed by atoms with Crippen molar-refractivity contribution in [2.75, 3.05) is 5.32 Å². The van der Waals surface area contributed by atoms with Gasteiger partial charge >= 0.3 is 6.03 Å². The highest BCUT2D eigenvalue weighted by Crippen LogP contribution is 2.08. The molecule has 0 fully saturated rings. The SMILES string of the molecule is N#CNC(=O)Nc1ccc(Cl)nc1. The summed E-state index contributed by atoms with van der Waals surface area (Å²) >= 11 is 5.52. The summed E-state index contributed by atoms with van der Waals surface area (Å²) in [7, 11) is 0. The highest BCUT2D eigenvalue weighted by molar-refractivity contribution is 6.29. The van der Waals surface area contributed by atoms with E-state index < -0.39 is 6.03 Å². The summed E-state index contributed by atoms with van der Waals surface area (Å²) in [5.41, 5.74) is 0.470. The first-order valence-electron chi connectivity index (χ1n) is 3.30. The predicted octanol–water partition coefficient (Wildman–Crippen LogP) is 1.34. The van der Waals surface area contributed by atoms with Gasteiger partial charge in [-0.15, -0.1) is 0 Å². The van der Waals surface area contributed by atoms with Gasteiger partial charge in [0.1, 0.15) is 5.15 Å². The number of carbonyl (C=O) groups is 1. The number of nitriles is 1. The highest BCUT2D eigenvalue weighted by Gasteiger charge is 1.99. The summed E-state index contributed by atoms with van der Waals surface area (Å²) in [6.45, 7) is 0. The highest BCUT2D eigenvalue weighted by atomic mass is 35.5. The lowest BCUT2D eigenvalue weighted by Crippen LogP contribution is -2.23. The maximum Gasteiger partial charge on any atom is 0.332 e. The molecule has 0 aliphatic heterocycles. The van der Waals surface area contributed by atoms with Crippen molar-refractivity contribution in [3.05, 3.63) is 23.5 Å². The zero-order chi connectivity index (χ0) is 9.68. The van der Waals surface area contributed by atoms with Gasteiger partial charge in [-0.2, -0.15) is 5.26 Å². The van der Waals surface area contributed by atoms with Gasteiger partial charge in [-0.1, -0.05) is 11.6 Å². The fourth-order valence-electron chi connectivity index (χ4n) is 0.663. The number of urea groups is 1. The molecular weight excluding hydrogens is 192 g/mol. The van der Waals surface area contributed by atoms with E-state index in [9.17, 15) is 4.79 Å². The van der Waals surface area contributed by atoms with Crippen molar-refractivity contribution in [1.82, 2.24) is 10.3 Å². The van der Waals surface area contributed by atoms with Gasteiger partial charge in [-0.05, 0) is 12.1 Å². The van der Waals surface area contributed by atoms with Gasteiger partial charge in [0.05, 0.1) is 11.9 Å². The molecule has 0 saturated heterocycles. The van der Waals surface area contributed by atoms with Gasteiger partial charge in [-0.25, -0.2) is 15.1 Å². The second-order valence-corrected chi connectivity index (χ2v) is 2.45. The van der Waals surface area contributed by atoms with Crippen LogP contribution in [0, 0.1) is 11.5 Å². The first kappa shape index (κ1) is 9.29. The molecule has 0 unspecified atom stereocenters. The van der Waals surface area contributed by atoms with Crippen molar-refractivity contribution < 1.29 is 4.79 Å². The Bertz CT molecular complexity index is 343. The minimum Gasteiger partial charge on any atom is -0.306 e. The molecule has 13 heavy (non-hydrogen) atoms. The number of rotatable bonds is 1. The zero-order valence-electron chi connectivity index (χ0n) is 6.41. The van der Waals surface area contributed by atoms with Crippen LogP contribution in [-0.2, 0) is 0 Å². The molecule has 1 heterocycles. The van der Waals surface area contributed by atoms with Gasteiger partial charge in [0, 0.05) is 0 Å². The van der Waals surface area contributed by atoms with E-state index in [2.05, 4.69) is 10.3 Å². The molecule has 0 saturated carbocycles. The van der Waals surface area contributed by atoms with E-state index in [0.29, 0.717) is 10.8 Å². The molecule has 0 spiro atoms. The molecule has 0 radical (unpaired) electrons. The smallest absolute Gasteiger partial charge is 0.306 e. The molecule has 0 aliphatic rings. The number of pyridine rings is 1. The molecule has 0 aliphatic carbocycles. The van der Waals surface area contributed by atoms with Crippen LogP contribution in [0.2, 0.25) is 5.15 Å². The molecule has 1 aromatic heterocycles. The van der Waals surface area contributed by atoms with E-state index in [-0.39, 0.29) is 0 Å². The van der Waals surface area contributed by atoms with Gasteiger partial charge in [0.15, 0.2) is 6.19 Å². The number of hydrogen-bond donors (Lipinski definition) is 2. The summed E-state index contributed by atoms with van der Waals surface area (Å²) in [6.07, 6.45) is 2.88. The summed E-state index contributed by atoms with van der Waals surface area (Å²) in [6, 6.07) is 2.50. The van der Waals surface area contributed by atoms with Crippen molar-refractivity contribution >= 4 is 23.3 Å². The first-order valence-corrected chi connectivity index (χ1v) is 3.68. The predicted molar refractivity (Wildman–Crippen MR) is 47.0 cm³/mol. The summed E-state index contributed by atoms with van der Waals surface area (Å²) in [5.74, 6) is 0. The van der Waals surface area contributed by atoms with Gasteiger partial charge < -0.3 is 5.32 Å². The van der Waals surface area contributed by atoms with Crippen LogP contribution in [0.5, 0.6) is 0 Å². The number of hydrogen-bond acceptors (Lipinski definition) is 3. The van der Waals surface area contributed by atoms with Crippen LogP contribution in [0.3, 0.4) is 0 Å². The fraction of sp³-hybridized carbons (Fsp3) is 0. The maximum absolute atomic E-state index is 10.8. The molecule has 1 rings (SSSR count). The molecule has 2 amide bonds. The molecule has 0 bridgehead atoms. The molecule has 6 heteroatoms. The lowest BCUT2D eigenvalue weighted by atomic mass is 10.4. The number of halogens is 1. The van der Waals surface area contributed by atoms with Crippen LogP contribution in [0.25, 0.3) is 0 Å². The Morgan fingerprint density at radius 3 is 2.92 bits per heavy atom. The quantitative estimate of drug-likeness (QED) is 0.404. The van der Waals surface area contributed by atoms with Crippen LogP contribution >= 0.6 is 11.6 Å². The summed E-state index contributed by atoms with van der Waals surface area (Å²) in [4.78, 5) is 14.5. The van der Waals surface area contributed by atoms with Crippen LogP contribution in [0.1, 0.15) is 0 Å².